The Balaban J connectivity index is 1.62. The Kier molecular flexibility index (Phi) is 6.33. The molecule has 0 N–H and O–H groups in total. The van der Waals surface area contributed by atoms with Gasteiger partial charge in [0, 0.05) is 22.2 Å². The smallest absolute Gasteiger partial charge is 0.271 e. The Bertz CT molecular complexity index is 1790. The molecule has 3 aromatic carbocycles. The van der Waals surface area contributed by atoms with Crippen LogP contribution in [0.4, 0.5) is 0 Å². The van der Waals surface area contributed by atoms with Gasteiger partial charge < -0.3 is 14.2 Å². The minimum absolute atomic E-state index is 0.124. The molecule has 6 nitrogen and oxygen atoms in total. The second-order valence-electron chi connectivity index (χ2n) is 9.08. The van der Waals surface area contributed by atoms with Gasteiger partial charge in [0.25, 0.3) is 5.56 Å². The van der Waals surface area contributed by atoms with Crippen LogP contribution in [0.15, 0.2) is 76.0 Å². The summed E-state index contributed by atoms with van der Waals surface area (Å²) in [4.78, 5) is 19.7. The molecule has 4 aromatic rings. The van der Waals surface area contributed by atoms with E-state index in [1.54, 1.807) is 32.0 Å². The van der Waals surface area contributed by atoms with Gasteiger partial charge in [-0.2, -0.15) is 0 Å². The third-order valence-electron chi connectivity index (χ3n) is 7.10. The zero-order chi connectivity index (χ0) is 26.4. The zero-order valence-corrected chi connectivity index (χ0v) is 22.7. The number of aromatic nitrogens is 1. The molecule has 0 amide bonds. The van der Waals surface area contributed by atoms with Crippen molar-refractivity contribution in [3.63, 3.8) is 0 Å². The van der Waals surface area contributed by atoms with E-state index in [1.807, 2.05) is 42.5 Å². The zero-order valence-electron chi connectivity index (χ0n) is 21.2. The fraction of sp³-hybridized carbons (Fsp3) is 0.200. The van der Waals surface area contributed by atoms with E-state index in [4.69, 9.17) is 30.8 Å². The van der Waals surface area contributed by atoms with E-state index in [-0.39, 0.29) is 11.6 Å². The normalized spacial score (nSPS) is 16.3. The maximum Gasteiger partial charge on any atom is 0.271 e. The summed E-state index contributed by atoms with van der Waals surface area (Å²) >= 11 is 8.09. The van der Waals surface area contributed by atoms with Crippen molar-refractivity contribution in [1.82, 2.24) is 4.57 Å². The highest BCUT2D eigenvalue weighted by atomic mass is 35.5. The SMILES string of the molecule is COc1cc(OC)c(OC)cc1/C=c1\sc2n(c1=O)[C@H](c1ccccc1Cl)C1=C(N=2)c2ccccc2CC1. The van der Waals surface area contributed by atoms with Crippen LogP contribution in [0, 0.1) is 0 Å². The van der Waals surface area contributed by atoms with Crippen molar-refractivity contribution in [3.05, 3.63) is 113 Å². The summed E-state index contributed by atoms with van der Waals surface area (Å²) in [5, 5.41) is 0.626. The quantitative estimate of drug-likeness (QED) is 0.355. The lowest BCUT2D eigenvalue weighted by Gasteiger charge is -2.31. The van der Waals surface area contributed by atoms with Gasteiger partial charge in [0.1, 0.15) is 5.75 Å². The van der Waals surface area contributed by atoms with E-state index in [9.17, 15) is 4.79 Å². The maximum atomic E-state index is 14.0. The Labute approximate surface area is 228 Å². The number of nitrogens with zero attached hydrogens (tertiary/aromatic N) is 2. The van der Waals surface area contributed by atoms with E-state index in [0.29, 0.717) is 37.2 Å². The number of aryl methyl sites for hydroxylation is 1. The van der Waals surface area contributed by atoms with Gasteiger partial charge in [-0.1, -0.05) is 65.4 Å². The lowest BCUT2D eigenvalue weighted by molar-refractivity contribution is 0.348. The van der Waals surface area contributed by atoms with Gasteiger partial charge >= 0.3 is 0 Å². The molecular formula is C30H25ClN2O4S. The first kappa shape index (κ1) is 24.5. The average Bonchev–Trinajstić information content (AvgIpc) is 3.26. The topological polar surface area (TPSA) is 62.1 Å². The molecule has 6 rings (SSSR count). The average molecular weight is 545 g/mol. The summed E-state index contributed by atoms with van der Waals surface area (Å²) in [5.41, 5.74) is 5.91. The van der Waals surface area contributed by atoms with Crippen molar-refractivity contribution < 1.29 is 14.2 Å². The van der Waals surface area contributed by atoms with Crippen molar-refractivity contribution in [2.75, 3.05) is 21.3 Å². The lowest BCUT2D eigenvalue weighted by Crippen LogP contribution is -2.38. The van der Waals surface area contributed by atoms with Crippen LogP contribution in [-0.2, 0) is 6.42 Å². The molecule has 0 fully saturated rings. The van der Waals surface area contributed by atoms with Crippen LogP contribution >= 0.6 is 22.9 Å². The van der Waals surface area contributed by atoms with Crippen molar-refractivity contribution in [3.8, 4) is 17.2 Å². The molecule has 0 bridgehead atoms. The Morgan fingerprint density at radius 1 is 0.947 bits per heavy atom. The van der Waals surface area contributed by atoms with E-state index in [2.05, 4.69) is 18.2 Å². The van der Waals surface area contributed by atoms with E-state index >= 15 is 0 Å². The van der Waals surface area contributed by atoms with Gasteiger partial charge in [-0.3, -0.25) is 9.36 Å². The van der Waals surface area contributed by atoms with Gasteiger partial charge in [-0.05, 0) is 47.8 Å². The number of rotatable bonds is 5. The molecular weight excluding hydrogens is 520 g/mol. The van der Waals surface area contributed by atoms with Gasteiger partial charge in [0.05, 0.1) is 37.6 Å². The highest BCUT2D eigenvalue weighted by Crippen LogP contribution is 2.42. The number of ether oxygens (including phenoxy) is 3. The molecule has 1 aromatic heterocycles. The van der Waals surface area contributed by atoms with Crippen molar-refractivity contribution in [2.24, 2.45) is 4.99 Å². The van der Waals surface area contributed by atoms with Crippen LogP contribution in [0.2, 0.25) is 5.02 Å². The van der Waals surface area contributed by atoms with Gasteiger partial charge in [-0.25, -0.2) is 4.99 Å². The van der Waals surface area contributed by atoms with Crippen molar-refractivity contribution in [1.29, 1.82) is 0 Å². The predicted octanol–water partition coefficient (Wildman–Crippen LogP) is 5.00. The molecule has 0 saturated carbocycles. The summed E-state index contributed by atoms with van der Waals surface area (Å²) in [6.07, 6.45) is 3.52. The first-order valence-corrected chi connectivity index (χ1v) is 13.4. The minimum atomic E-state index is -0.335. The van der Waals surface area contributed by atoms with Crippen LogP contribution < -0.4 is 29.1 Å². The highest BCUT2D eigenvalue weighted by Gasteiger charge is 2.33. The van der Waals surface area contributed by atoms with Gasteiger partial charge in [0.15, 0.2) is 16.3 Å². The largest absolute Gasteiger partial charge is 0.496 e. The summed E-state index contributed by atoms with van der Waals surface area (Å²) < 4.78 is 18.8. The molecule has 1 atom stereocenters. The van der Waals surface area contributed by atoms with Crippen LogP contribution in [0.5, 0.6) is 17.2 Å². The third kappa shape index (κ3) is 3.94. The lowest BCUT2D eigenvalue weighted by atomic mass is 9.83. The van der Waals surface area contributed by atoms with Crippen molar-refractivity contribution >= 4 is 34.7 Å². The fourth-order valence-corrected chi connectivity index (χ4v) is 6.53. The molecule has 38 heavy (non-hydrogen) atoms. The van der Waals surface area contributed by atoms with Crippen LogP contribution in [0.3, 0.4) is 0 Å². The van der Waals surface area contributed by atoms with Gasteiger partial charge in [0.2, 0.25) is 0 Å². The first-order valence-electron chi connectivity index (χ1n) is 12.2. The van der Waals surface area contributed by atoms with Crippen LogP contribution in [0.1, 0.15) is 34.7 Å². The molecule has 0 unspecified atom stereocenters. The number of hydrogen-bond donors (Lipinski definition) is 0. The van der Waals surface area contributed by atoms with Crippen LogP contribution in [-0.4, -0.2) is 25.9 Å². The summed E-state index contributed by atoms with van der Waals surface area (Å²) in [7, 11) is 4.74. The summed E-state index contributed by atoms with van der Waals surface area (Å²) in [5.74, 6) is 1.67. The number of allylic oxidation sites excluding steroid dienone is 1. The van der Waals surface area contributed by atoms with E-state index in [1.165, 1.54) is 16.9 Å². The van der Waals surface area contributed by atoms with Gasteiger partial charge in [-0.15, -0.1) is 0 Å². The molecule has 1 aliphatic carbocycles. The number of halogens is 1. The summed E-state index contributed by atoms with van der Waals surface area (Å²) in [6, 6.07) is 19.3. The minimum Gasteiger partial charge on any atom is -0.496 e. The first-order chi connectivity index (χ1) is 18.5. The Morgan fingerprint density at radius 2 is 1.66 bits per heavy atom. The predicted molar refractivity (Wildman–Crippen MR) is 150 cm³/mol. The molecule has 8 heteroatoms. The second kappa shape index (κ2) is 9.82. The fourth-order valence-electron chi connectivity index (χ4n) is 5.30. The molecule has 192 valence electrons. The van der Waals surface area contributed by atoms with E-state index in [0.717, 1.165) is 35.2 Å². The molecule has 0 spiro atoms. The third-order valence-corrected chi connectivity index (χ3v) is 8.42. The number of benzene rings is 3. The molecule has 1 aliphatic heterocycles. The summed E-state index contributed by atoms with van der Waals surface area (Å²) in [6.45, 7) is 0. The number of fused-ring (bicyclic) bond motifs is 3. The molecule has 2 aliphatic rings. The van der Waals surface area contributed by atoms with E-state index < -0.39 is 0 Å². The molecule has 0 radical (unpaired) electrons. The molecule has 0 saturated heterocycles. The number of hydrogen-bond acceptors (Lipinski definition) is 6. The monoisotopic (exact) mass is 544 g/mol. The highest BCUT2D eigenvalue weighted by molar-refractivity contribution is 7.07. The standard InChI is InChI=1S/C30H25ClN2O4S/c1-35-23-16-25(37-3)24(36-2)14-18(23)15-26-29(34)33-28(20-10-6-7-11-22(20)31)21-13-12-17-8-4-5-9-19(17)27(21)32-30(33)38-26/h4-11,14-16,28H,12-13H2,1-3H3/b26-15-/t28-/m1/s1. The number of methoxy groups -OCH3 is 3. The van der Waals surface area contributed by atoms with Crippen LogP contribution in [0.25, 0.3) is 11.8 Å². The number of thiazole rings is 1. The maximum absolute atomic E-state index is 14.0. The van der Waals surface area contributed by atoms with Crippen molar-refractivity contribution in [2.45, 2.75) is 18.9 Å². The second-order valence-corrected chi connectivity index (χ2v) is 10.5. The molecule has 2 heterocycles. The Morgan fingerprint density at radius 3 is 2.42 bits per heavy atom. The Hall–Kier alpha value is -3.81.